The predicted molar refractivity (Wildman–Crippen MR) is 90.5 cm³/mol. The van der Waals surface area contributed by atoms with Crippen molar-refractivity contribution in [1.82, 2.24) is 9.78 Å². The van der Waals surface area contributed by atoms with E-state index in [-0.39, 0.29) is 27.3 Å². The van der Waals surface area contributed by atoms with Crippen LogP contribution in [0.5, 0.6) is 0 Å². The maximum atomic E-state index is 13.7. The number of aromatic nitrogens is 2. The minimum Gasteiger partial charge on any atom is -0.262 e. The van der Waals surface area contributed by atoms with Gasteiger partial charge in [0, 0.05) is 18.2 Å². The molecule has 0 atom stereocenters. The molecule has 0 aliphatic heterocycles. The molecule has 26 heavy (non-hydrogen) atoms. The zero-order chi connectivity index (χ0) is 19.1. The summed E-state index contributed by atoms with van der Waals surface area (Å²) >= 11 is 0. The van der Waals surface area contributed by atoms with Crippen LogP contribution in [-0.4, -0.2) is 18.2 Å². The number of aryl methyl sites for hydroxylation is 1. The zero-order valence-corrected chi connectivity index (χ0v) is 14.3. The zero-order valence-electron chi connectivity index (χ0n) is 13.5. The summed E-state index contributed by atoms with van der Waals surface area (Å²) in [5, 5.41) is 9.20. The van der Waals surface area contributed by atoms with Crippen LogP contribution in [0, 0.1) is 0 Å². The van der Waals surface area contributed by atoms with Crippen molar-refractivity contribution >= 4 is 10.0 Å². The quantitative estimate of drug-likeness (QED) is 0.755. The van der Waals surface area contributed by atoms with Gasteiger partial charge in [-0.1, -0.05) is 48.5 Å². The summed E-state index contributed by atoms with van der Waals surface area (Å²) in [7, 11) is -2.99. The molecule has 0 amide bonds. The summed E-state index contributed by atoms with van der Waals surface area (Å²) in [6, 6.07) is 13.5. The molecule has 0 aliphatic rings. The molecule has 9 heteroatoms. The number of benzene rings is 2. The van der Waals surface area contributed by atoms with Crippen LogP contribution in [0.3, 0.4) is 0 Å². The van der Waals surface area contributed by atoms with Crippen molar-refractivity contribution in [3.05, 3.63) is 60.3 Å². The second-order valence-electron chi connectivity index (χ2n) is 5.60. The van der Waals surface area contributed by atoms with E-state index in [0.29, 0.717) is 4.68 Å². The Bertz CT molecular complexity index is 1060. The second-order valence-corrected chi connectivity index (χ2v) is 7.13. The van der Waals surface area contributed by atoms with Gasteiger partial charge in [-0.3, -0.25) is 4.68 Å². The lowest BCUT2D eigenvalue weighted by Gasteiger charge is -2.12. The van der Waals surface area contributed by atoms with Crippen LogP contribution in [0.1, 0.15) is 5.69 Å². The van der Waals surface area contributed by atoms with Crippen molar-refractivity contribution in [2.24, 2.45) is 12.2 Å². The molecular weight excluding hydrogens is 367 g/mol. The van der Waals surface area contributed by atoms with Gasteiger partial charge < -0.3 is 0 Å². The number of primary sulfonamides is 1. The first-order chi connectivity index (χ1) is 12.1. The van der Waals surface area contributed by atoms with Crippen LogP contribution in [-0.2, 0) is 23.2 Å². The van der Waals surface area contributed by atoms with E-state index in [2.05, 4.69) is 5.10 Å². The van der Waals surface area contributed by atoms with E-state index >= 15 is 0 Å². The van der Waals surface area contributed by atoms with E-state index < -0.39 is 21.9 Å². The average molecular weight is 381 g/mol. The molecule has 0 unspecified atom stereocenters. The Morgan fingerprint density at radius 1 is 1.00 bits per heavy atom. The molecule has 5 nitrogen and oxygen atoms in total. The average Bonchev–Trinajstić information content (AvgIpc) is 2.92. The summed E-state index contributed by atoms with van der Waals surface area (Å²) in [5.41, 5.74) is -0.984. The van der Waals surface area contributed by atoms with Gasteiger partial charge in [0.2, 0.25) is 10.0 Å². The van der Waals surface area contributed by atoms with Gasteiger partial charge >= 0.3 is 6.18 Å². The van der Waals surface area contributed by atoms with Crippen molar-refractivity contribution in [3.8, 4) is 22.4 Å². The van der Waals surface area contributed by atoms with Gasteiger partial charge in [0.1, 0.15) is 5.69 Å². The molecule has 0 saturated carbocycles. The number of nitrogens with zero attached hydrogens (tertiary/aromatic N) is 2. The maximum Gasteiger partial charge on any atom is 0.433 e. The van der Waals surface area contributed by atoms with Gasteiger partial charge in [0.25, 0.3) is 0 Å². The lowest BCUT2D eigenvalue weighted by molar-refractivity contribution is -0.143. The second kappa shape index (κ2) is 6.26. The molecule has 3 rings (SSSR count). The van der Waals surface area contributed by atoms with Gasteiger partial charge in [0.05, 0.1) is 4.90 Å². The largest absolute Gasteiger partial charge is 0.433 e. The van der Waals surface area contributed by atoms with Crippen molar-refractivity contribution in [2.45, 2.75) is 11.1 Å². The maximum absolute atomic E-state index is 13.7. The van der Waals surface area contributed by atoms with Gasteiger partial charge in [-0.15, -0.1) is 0 Å². The normalized spacial score (nSPS) is 12.3. The number of alkyl halides is 3. The van der Waals surface area contributed by atoms with Crippen LogP contribution in [0.15, 0.2) is 59.5 Å². The van der Waals surface area contributed by atoms with Crippen LogP contribution >= 0.6 is 0 Å². The van der Waals surface area contributed by atoms with E-state index in [1.165, 1.54) is 43.4 Å². The lowest BCUT2D eigenvalue weighted by atomic mass is 9.98. The minimum atomic E-state index is -4.68. The molecule has 136 valence electrons. The smallest absolute Gasteiger partial charge is 0.262 e. The number of hydrogen-bond donors (Lipinski definition) is 1. The minimum absolute atomic E-state index is 0.0138. The van der Waals surface area contributed by atoms with Gasteiger partial charge in [0.15, 0.2) is 5.69 Å². The molecule has 1 heterocycles. The molecule has 1 aromatic heterocycles. The summed E-state index contributed by atoms with van der Waals surface area (Å²) < 4.78 is 65.4. The van der Waals surface area contributed by atoms with E-state index in [1.807, 2.05) is 0 Å². The first-order valence-corrected chi connectivity index (χ1v) is 8.97. The number of halogens is 3. The third-order valence-corrected chi connectivity index (χ3v) is 4.80. The molecule has 2 aromatic carbocycles. The Morgan fingerprint density at radius 2 is 1.58 bits per heavy atom. The van der Waals surface area contributed by atoms with Crippen molar-refractivity contribution < 1.29 is 21.6 Å². The molecular formula is C17H14F3N3O2S. The van der Waals surface area contributed by atoms with Gasteiger partial charge in [-0.25, -0.2) is 13.6 Å². The van der Waals surface area contributed by atoms with E-state index in [9.17, 15) is 21.6 Å². The van der Waals surface area contributed by atoms with Gasteiger partial charge in [-0.05, 0) is 11.6 Å². The fourth-order valence-corrected chi connectivity index (χ4v) is 3.57. The van der Waals surface area contributed by atoms with E-state index in [1.54, 1.807) is 18.2 Å². The molecule has 0 bridgehead atoms. The number of sulfonamides is 1. The molecule has 2 N–H and O–H groups in total. The first kappa shape index (κ1) is 18.2. The highest BCUT2D eigenvalue weighted by atomic mass is 32.2. The molecule has 0 radical (unpaired) electrons. The molecule has 0 saturated heterocycles. The standard InChI is InChI=1S/C17H14F3N3O2S/c1-23-16(17(18,19)20)14(11-7-3-2-4-8-11)15(22-23)12-9-5-6-10-13(12)26(21,24)25/h2-10H,1H3,(H2,21,24,25). The van der Waals surface area contributed by atoms with Gasteiger partial charge in [-0.2, -0.15) is 18.3 Å². The van der Waals surface area contributed by atoms with E-state index in [0.717, 1.165) is 0 Å². The number of hydrogen-bond acceptors (Lipinski definition) is 3. The van der Waals surface area contributed by atoms with E-state index in [4.69, 9.17) is 5.14 Å². The Hall–Kier alpha value is -2.65. The number of nitrogens with two attached hydrogens (primary N) is 1. The predicted octanol–water partition coefficient (Wildman–Crippen LogP) is 3.42. The third-order valence-electron chi connectivity index (χ3n) is 3.83. The fourth-order valence-electron chi connectivity index (χ4n) is 2.83. The van der Waals surface area contributed by atoms with Crippen molar-refractivity contribution in [3.63, 3.8) is 0 Å². The monoisotopic (exact) mass is 381 g/mol. The van der Waals surface area contributed by atoms with Crippen molar-refractivity contribution in [1.29, 1.82) is 0 Å². The molecule has 0 spiro atoms. The highest BCUT2D eigenvalue weighted by Crippen LogP contribution is 2.43. The van der Waals surface area contributed by atoms with Crippen LogP contribution < -0.4 is 5.14 Å². The Balaban J connectivity index is 2.42. The summed E-state index contributed by atoms with van der Waals surface area (Å²) in [5.74, 6) is 0. The van der Waals surface area contributed by atoms with Crippen LogP contribution in [0.4, 0.5) is 13.2 Å². The topological polar surface area (TPSA) is 78.0 Å². The SMILES string of the molecule is Cn1nc(-c2ccccc2S(N)(=O)=O)c(-c2ccccc2)c1C(F)(F)F. The van der Waals surface area contributed by atoms with Crippen LogP contribution in [0.25, 0.3) is 22.4 Å². The highest BCUT2D eigenvalue weighted by molar-refractivity contribution is 7.89. The van der Waals surface area contributed by atoms with Crippen LogP contribution in [0.2, 0.25) is 0 Å². The molecule has 3 aromatic rings. The summed E-state index contributed by atoms with van der Waals surface area (Å²) in [6.45, 7) is 0. The first-order valence-electron chi connectivity index (χ1n) is 7.42. The Kier molecular flexibility index (Phi) is 4.37. The summed E-state index contributed by atoms with van der Waals surface area (Å²) in [4.78, 5) is -0.288. The fraction of sp³-hybridized carbons (Fsp3) is 0.118. The number of rotatable bonds is 3. The Labute approximate surface area is 147 Å². The molecule has 0 fully saturated rings. The summed E-state index contributed by atoms with van der Waals surface area (Å²) in [6.07, 6.45) is -4.68. The third kappa shape index (κ3) is 3.23. The van der Waals surface area contributed by atoms with Crippen molar-refractivity contribution in [2.75, 3.05) is 0 Å². The lowest BCUT2D eigenvalue weighted by Crippen LogP contribution is -2.13. The molecule has 0 aliphatic carbocycles. The Morgan fingerprint density at radius 3 is 2.15 bits per heavy atom. The highest BCUT2D eigenvalue weighted by Gasteiger charge is 2.40.